The number of amides is 2. The zero-order chi connectivity index (χ0) is 26.5. The van der Waals surface area contributed by atoms with Crippen molar-refractivity contribution in [3.05, 3.63) is 99.3 Å². The van der Waals surface area contributed by atoms with Crippen LogP contribution >= 0.6 is 11.8 Å². The number of para-hydroxylation sites is 1. The highest BCUT2D eigenvalue weighted by molar-refractivity contribution is 7.99. The van der Waals surface area contributed by atoms with Crippen molar-refractivity contribution in [2.75, 3.05) is 11.1 Å². The Bertz CT molecular complexity index is 1490. The molecule has 0 aliphatic heterocycles. The van der Waals surface area contributed by atoms with Gasteiger partial charge >= 0.3 is 0 Å². The zero-order valence-corrected chi connectivity index (χ0v) is 22.2. The number of nitrogens with one attached hydrogen (secondary N) is 2. The number of fused-ring (bicyclic) bond motifs is 1. The van der Waals surface area contributed by atoms with E-state index in [-0.39, 0.29) is 35.7 Å². The van der Waals surface area contributed by atoms with E-state index in [1.165, 1.54) is 11.8 Å². The summed E-state index contributed by atoms with van der Waals surface area (Å²) >= 11 is 1.22. The second-order valence-corrected chi connectivity index (χ2v) is 10.3. The fraction of sp³-hybridized carbons (Fsp3) is 0.241. The summed E-state index contributed by atoms with van der Waals surface area (Å²) in [5.41, 5.74) is 4.70. The van der Waals surface area contributed by atoms with Gasteiger partial charge in [0.1, 0.15) is 0 Å². The Morgan fingerprint density at radius 3 is 2.32 bits per heavy atom. The number of carbonyl (C=O) groups is 2. The van der Waals surface area contributed by atoms with E-state index in [0.717, 1.165) is 22.4 Å². The van der Waals surface area contributed by atoms with Gasteiger partial charge in [-0.25, -0.2) is 4.98 Å². The van der Waals surface area contributed by atoms with Crippen molar-refractivity contribution >= 4 is 40.2 Å². The molecule has 37 heavy (non-hydrogen) atoms. The minimum absolute atomic E-state index is 0.0427. The molecule has 0 saturated carbocycles. The van der Waals surface area contributed by atoms with Gasteiger partial charge < -0.3 is 10.6 Å². The highest BCUT2D eigenvalue weighted by Crippen LogP contribution is 2.20. The van der Waals surface area contributed by atoms with Crippen molar-refractivity contribution in [1.82, 2.24) is 14.9 Å². The van der Waals surface area contributed by atoms with Crippen molar-refractivity contribution < 1.29 is 9.59 Å². The van der Waals surface area contributed by atoms with Gasteiger partial charge in [0.25, 0.3) is 11.5 Å². The van der Waals surface area contributed by atoms with Crippen LogP contribution in [0.2, 0.25) is 0 Å². The van der Waals surface area contributed by atoms with Crippen LogP contribution in [0.3, 0.4) is 0 Å². The van der Waals surface area contributed by atoms with Crippen molar-refractivity contribution in [2.45, 2.75) is 45.4 Å². The number of aromatic nitrogens is 2. The summed E-state index contributed by atoms with van der Waals surface area (Å²) in [4.78, 5) is 43.1. The quantitative estimate of drug-likeness (QED) is 0.257. The first-order chi connectivity index (χ1) is 17.7. The fourth-order valence-corrected chi connectivity index (χ4v) is 4.86. The lowest BCUT2D eigenvalue weighted by atomic mass is 10.1. The smallest absolute Gasteiger partial charge is 0.262 e. The van der Waals surface area contributed by atoms with Gasteiger partial charge in [0, 0.05) is 17.3 Å². The average molecular weight is 515 g/mol. The topological polar surface area (TPSA) is 93.1 Å². The predicted molar refractivity (Wildman–Crippen MR) is 149 cm³/mol. The van der Waals surface area contributed by atoms with Crippen LogP contribution < -0.4 is 16.2 Å². The van der Waals surface area contributed by atoms with E-state index in [1.54, 1.807) is 28.8 Å². The molecule has 4 aromatic rings. The number of hydrogen-bond donors (Lipinski definition) is 2. The molecular weight excluding hydrogens is 484 g/mol. The summed E-state index contributed by atoms with van der Waals surface area (Å²) in [5, 5.41) is 6.78. The Balaban J connectivity index is 1.57. The Morgan fingerprint density at radius 1 is 0.973 bits per heavy atom. The minimum Gasteiger partial charge on any atom is -0.350 e. The second-order valence-electron chi connectivity index (χ2n) is 9.34. The van der Waals surface area contributed by atoms with E-state index < -0.39 is 0 Å². The molecule has 3 aromatic carbocycles. The van der Waals surface area contributed by atoms with Crippen molar-refractivity contribution in [1.29, 1.82) is 0 Å². The van der Waals surface area contributed by atoms with Gasteiger partial charge in [0.15, 0.2) is 5.16 Å². The molecule has 1 heterocycles. The summed E-state index contributed by atoms with van der Waals surface area (Å²) in [6, 6.07) is 20.3. The average Bonchev–Trinajstić information content (AvgIpc) is 2.84. The van der Waals surface area contributed by atoms with Crippen molar-refractivity contribution in [3.63, 3.8) is 0 Å². The molecule has 0 bridgehead atoms. The number of thioether (sulfide) groups is 1. The fourth-order valence-electron chi connectivity index (χ4n) is 4.06. The lowest BCUT2D eigenvalue weighted by molar-refractivity contribution is -0.113. The van der Waals surface area contributed by atoms with Crippen LogP contribution in [0.25, 0.3) is 10.9 Å². The summed E-state index contributed by atoms with van der Waals surface area (Å²) in [6.45, 7) is 8.06. The third kappa shape index (κ3) is 6.65. The molecule has 0 saturated heterocycles. The van der Waals surface area contributed by atoms with E-state index >= 15 is 0 Å². The number of aryl methyl sites for hydroxylation is 2. The van der Waals surface area contributed by atoms with E-state index in [4.69, 9.17) is 4.98 Å². The number of carbonyl (C=O) groups excluding carboxylic acids is 2. The normalized spacial score (nSPS) is 11.1. The molecule has 0 atom stereocenters. The van der Waals surface area contributed by atoms with Crippen LogP contribution in [0.1, 0.15) is 40.9 Å². The molecule has 0 spiro atoms. The van der Waals surface area contributed by atoms with Gasteiger partial charge in [-0.15, -0.1) is 0 Å². The Hall–Kier alpha value is -3.91. The monoisotopic (exact) mass is 514 g/mol. The second kappa shape index (κ2) is 11.4. The van der Waals surface area contributed by atoms with Gasteiger partial charge in [-0.2, -0.15) is 0 Å². The predicted octanol–water partition coefficient (Wildman–Crippen LogP) is 4.93. The van der Waals surface area contributed by atoms with Gasteiger partial charge in [0.05, 0.1) is 23.2 Å². The first-order valence-corrected chi connectivity index (χ1v) is 13.1. The van der Waals surface area contributed by atoms with Gasteiger partial charge in [-0.3, -0.25) is 19.0 Å². The first-order valence-electron chi connectivity index (χ1n) is 12.1. The Labute approximate surface area is 220 Å². The van der Waals surface area contributed by atoms with Gasteiger partial charge in [-0.1, -0.05) is 42.1 Å². The summed E-state index contributed by atoms with van der Waals surface area (Å²) < 4.78 is 1.58. The van der Waals surface area contributed by atoms with E-state index in [2.05, 4.69) is 10.6 Å². The standard InChI is InChI=1S/C29H30N4O3S/c1-18(2)30-27(35)22-11-9-21(10-12-22)16-33-28(36)24-7-5-6-8-25(24)32-29(33)37-17-26(34)31-23-14-19(3)13-20(4)15-23/h5-15,18H,16-17H2,1-4H3,(H,30,35)(H,31,34). The number of hydrogen-bond acceptors (Lipinski definition) is 5. The molecule has 0 aliphatic carbocycles. The van der Waals surface area contributed by atoms with Crippen LogP contribution in [0.4, 0.5) is 5.69 Å². The third-order valence-electron chi connectivity index (χ3n) is 5.64. The SMILES string of the molecule is Cc1cc(C)cc(NC(=O)CSc2nc3ccccc3c(=O)n2Cc2ccc(C(=O)NC(C)C)cc2)c1. The van der Waals surface area contributed by atoms with Crippen LogP contribution in [-0.2, 0) is 11.3 Å². The molecule has 4 rings (SSSR count). The molecule has 190 valence electrons. The molecule has 2 N–H and O–H groups in total. The largest absolute Gasteiger partial charge is 0.350 e. The molecule has 0 radical (unpaired) electrons. The maximum Gasteiger partial charge on any atom is 0.262 e. The Kier molecular flexibility index (Phi) is 8.08. The maximum absolute atomic E-state index is 13.4. The molecule has 2 amide bonds. The minimum atomic E-state index is -0.176. The molecule has 0 aliphatic rings. The summed E-state index contributed by atoms with van der Waals surface area (Å²) in [7, 11) is 0. The summed E-state index contributed by atoms with van der Waals surface area (Å²) in [5.74, 6) is -0.215. The molecule has 8 heteroatoms. The lowest BCUT2D eigenvalue weighted by Crippen LogP contribution is -2.30. The van der Waals surface area contributed by atoms with Gasteiger partial charge in [0.2, 0.25) is 5.91 Å². The van der Waals surface area contributed by atoms with Gasteiger partial charge in [-0.05, 0) is 80.8 Å². The van der Waals surface area contributed by atoms with Crippen LogP contribution in [-0.4, -0.2) is 33.2 Å². The molecule has 0 fully saturated rings. The Morgan fingerprint density at radius 2 is 1.65 bits per heavy atom. The number of anilines is 1. The maximum atomic E-state index is 13.4. The third-order valence-corrected chi connectivity index (χ3v) is 6.62. The number of benzene rings is 3. The first kappa shape index (κ1) is 26.2. The van der Waals surface area contributed by atoms with Crippen LogP contribution in [0.15, 0.2) is 76.7 Å². The summed E-state index contributed by atoms with van der Waals surface area (Å²) in [6.07, 6.45) is 0. The highest BCUT2D eigenvalue weighted by atomic mass is 32.2. The van der Waals surface area contributed by atoms with E-state index in [0.29, 0.717) is 21.6 Å². The van der Waals surface area contributed by atoms with E-state index in [9.17, 15) is 14.4 Å². The molecule has 1 aromatic heterocycles. The number of nitrogens with zero attached hydrogens (tertiary/aromatic N) is 2. The lowest BCUT2D eigenvalue weighted by Gasteiger charge is -2.14. The molecular formula is C29H30N4O3S. The van der Waals surface area contributed by atoms with Crippen LogP contribution in [0.5, 0.6) is 0 Å². The number of rotatable bonds is 8. The van der Waals surface area contributed by atoms with Crippen LogP contribution in [0, 0.1) is 13.8 Å². The van der Waals surface area contributed by atoms with Crippen molar-refractivity contribution in [2.24, 2.45) is 0 Å². The zero-order valence-electron chi connectivity index (χ0n) is 21.4. The van der Waals surface area contributed by atoms with E-state index in [1.807, 2.05) is 70.2 Å². The molecule has 7 nitrogen and oxygen atoms in total. The highest BCUT2D eigenvalue weighted by Gasteiger charge is 2.15. The molecule has 0 unspecified atom stereocenters. The van der Waals surface area contributed by atoms with Crippen molar-refractivity contribution in [3.8, 4) is 0 Å².